The zero-order valence-corrected chi connectivity index (χ0v) is 17.1. The van der Waals surface area contributed by atoms with E-state index in [-0.39, 0.29) is 18.0 Å². The molecule has 0 aliphatic carbocycles. The lowest BCUT2D eigenvalue weighted by Gasteiger charge is -2.20. The number of anilines is 1. The van der Waals surface area contributed by atoms with Crippen molar-refractivity contribution in [2.75, 3.05) is 18.4 Å². The molecule has 0 unspecified atom stereocenters. The van der Waals surface area contributed by atoms with E-state index in [2.05, 4.69) is 28.7 Å². The highest BCUT2D eigenvalue weighted by Gasteiger charge is 2.31. The Morgan fingerprint density at radius 1 is 1.32 bits per heavy atom. The van der Waals surface area contributed by atoms with Crippen LogP contribution in [-0.2, 0) is 0 Å². The SMILES string of the molecule is Cc1ccc(Cl)cc1NC(=O)N1CC[C@@H](c2nc3ccncc3n2C(C)C)C1. The van der Waals surface area contributed by atoms with Crippen molar-refractivity contribution < 1.29 is 4.79 Å². The molecule has 7 heteroatoms. The van der Waals surface area contributed by atoms with Crippen LogP contribution in [0.25, 0.3) is 11.0 Å². The average molecular weight is 398 g/mol. The molecule has 1 aliphatic rings. The Kier molecular flexibility index (Phi) is 4.98. The number of nitrogens with zero attached hydrogens (tertiary/aromatic N) is 4. The van der Waals surface area contributed by atoms with E-state index in [1.54, 1.807) is 12.3 Å². The van der Waals surface area contributed by atoms with Crippen molar-refractivity contribution >= 4 is 34.4 Å². The van der Waals surface area contributed by atoms with Gasteiger partial charge < -0.3 is 14.8 Å². The number of aryl methyl sites for hydroxylation is 1. The van der Waals surface area contributed by atoms with Crippen molar-refractivity contribution in [2.24, 2.45) is 0 Å². The van der Waals surface area contributed by atoms with Gasteiger partial charge in [0.15, 0.2) is 0 Å². The molecular weight excluding hydrogens is 374 g/mol. The van der Waals surface area contributed by atoms with Gasteiger partial charge in [0.25, 0.3) is 0 Å². The number of carbonyl (C=O) groups is 1. The fourth-order valence-corrected chi connectivity index (χ4v) is 4.04. The molecular formula is C21H24ClN5O. The predicted octanol–water partition coefficient (Wildman–Crippen LogP) is 5.00. The van der Waals surface area contributed by atoms with E-state index in [4.69, 9.17) is 16.6 Å². The summed E-state index contributed by atoms with van der Waals surface area (Å²) in [7, 11) is 0. The fourth-order valence-electron chi connectivity index (χ4n) is 3.87. The average Bonchev–Trinajstić information content (AvgIpc) is 3.29. The summed E-state index contributed by atoms with van der Waals surface area (Å²) in [6.07, 6.45) is 4.53. The quantitative estimate of drug-likeness (QED) is 0.676. The minimum absolute atomic E-state index is 0.0956. The molecule has 0 radical (unpaired) electrons. The van der Waals surface area contributed by atoms with Crippen molar-refractivity contribution in [3.63, 3.8) is 0 Å². The summed E-state index contributed by atoms with van der Waals surface area (Å²) in [5.74, 6) is 1.24. The maximum atomic E-state index is 12.8. The number of hydrogen-bond acceptors (Lipinski definition) is 3. The molecule has 1 fully saturated rings. The second-order valence-electron chi connectivity index (χ2n) is 7.62. The van der Waals surface area contributed by atoms with Gasteiger partial charge in [0, 0.05) is 42.0 Å². The van der Waals surface area contributed by atoms with E-state index in [9.17, 15) is 4.79 Å². The van der Waals surface area contributed by atoms with Crippen molar-refractivity contribution in [2.45, 2.75) is 39.2 Å². The Labute approximate surface area is 169 Å². The Morgan fingerprint density at radius 3 is 2.93 bits per heavy atom. The van der Waals surface area contributed by atoms with Crippen LogP contribution in [0.5, 0.6) is 0 Å². The van der Waals surface area contributed by atoms with Gasteiger partial charge in [-0.15, -0.1) is 0 Å². The summed E-state index contributed by atoms with van der Waals surface area (Å²) in [6.45, 7) is 7.61. The number of likely N-dealkylation sites (tertiary alicyclic amines) is 1. The summed E-state index contributed by atoms with van der Waals surface area (Å²) in [6, 6.07) is 7.64. The number of benzene rings is 1. The van der Waals surface area contributed by atoms with Gasteiger partial charge in [0.2, 0.25) is 0 Å². The molecule has 2 amide bonds. The van der Waals surface area contributed by atoms with Crippen molar-refractivity contribution in [1.29, 1.82) is 0 Å². The lowest BCUT2D eigenvalue weighted by atomic mass is 10.1. The Morgan fingerprint density at radius 2 is 2.14 bits per heavy atom. The molecule has 6 nitrogen and oxygen atoms in total. The summed E-state index contributed by atoms with van der Waals surface area (Å²) < 4.78 is 2.25. The van der Waals surface area contributed by atoms with Gasteiger partial charge in [-0.1, -0.05) is 17.7 Å². The van der Waals surface area contributed by atoms with E-state index in [0.29, 0.717) is 18.1 Å². The molecule has 0 bridgehead atoms. The number of aromatic nitrogens is 3. The van der Waals surface area contributed by atoms with Gasteiger partial charge in [0.1, 0.15) is 5.82 Å². The van der Waals surface area contributed by atoms with E-state index in [1.807, 2.05) is 36.2 Å². The van der Waals surface area contributed by atoms with Crippen LogP contribution < -0.4 is 5.32 Å². The van der Waals surface area contributed by atoms with Crippen LogP contribution in [0, 0.1) is 6.92 Å². The maximum absolute atomic E-state index is 12.8. The van der Waals surface area contributed by atoms with E-state index >= 15 is 0 Å². The molecule has 1 atom stereocenters. The van der Waals surface area contributed by atoms with Crippen LogP contribution in [-0.4, -0.2) is 38.6 Å². The molecule has 4 rings (SSSR count). The first kappa shape index (κ1) is 18.7. The number of rotatable bonds is 3. The molecule has 3 heterocycles. The van der Waals surface area contributed by atoms with Crippen LogP contribution in [0.4, 0.5) is 10.5 Å². The molecule has 146 valence electrons. The van der Waals surface area contributed by atoms with E-state index < -0.39 is 0 Å². The van der Waals surface area contributed by atoms with Crippen molar-refractivity contribution in [3.05, 3.63) is 53.1 Å². The first-order valence-electron chi connectivity index (χ1n) is 9.58. The topological polar surface area (TPSA) is 63.1 Å². The summed E-state index contributed by atoms with van der Waals surface area (Å²) in [5.41, 5.74) is 3.74. The van der Waals surface area contributed by atoms with Gasteiger partial charge in [-0.2, -0.15) is 0 Å². The number of urea groups is 1. The van der Waals surface area contributed by atoms with Crippen LogP contribution in [0.1, 0.15) is 43.6 Å². The van der Waals surface area contributed by atoms with Gasteiger partial charge in [-0.05, 0) is 51.0 Å². The first-order valence-corrected chi connectivity index (χ1v) is 9.95. The van der Waals surface area contributed by atoms with Crippen molar-refractivity contribution in [1.82, 2.24) is 19.4 Å². The lowest BCUT2D eigenvalue weighted by Crippen LogP contribution is -2.33. The number of nitrogens with one attached hydrogen (secondary N) is 1. The van der Waals surface area contributed by atoms with Crippen LogP contribution in [0.15, 0.2) is 36.7 Å². The third-order valence-electron chi connectivity index (χ3n) is 5.32. The molecule has 1 aliphatic heterocycles. The van der Waals surface area contributed by atoms with Crippen LogP contribution >= 0.6 is 11.6 Å². The molecule has 2 aromatic heterocycles. The van der Waals surface area contributed by atoms with Gasteiger partial charge in [-0.25, -0.2) is 9.78 Å². The summed E-state index contributed by atoms with van der Waals surface area (Å²) in [4.78, 5) is 23.8. The first-order chi connectivity index (χ1) is 13.4. The molecule has 1 aromatic carbocycles. The number of pyridine rings is 1. The second kappa shape index (κ2) is 7.43. The fraction of sp³-hybridized carbons (Fsp3) is 0.381. The minimum Gasteiger partial charge on any atom is -0.324 e. The highest BCUT2D eigenvalue weighted by atomic mass is 35.5. The summed E-state index contributed by atoms with van der Waals surface area (Å²) >= 11 is 6.07. The number of amides is 2. The number of imidazole rings is 1. The molecule has 0 saturated carbocycles. The molecule has 0 spiro atoms. The second-order valence-corrected chi connectivity index (χ2v) is 8.06. The zero-order chi connectivity index (χ0) is 19.8. The molecule has 1 N–H and O–H groups in total. The maximum Gasteiger partial charge on any atom is 0.321 e. The van der Waals surface area contributed by atoms with Crippen LogP contribution in [0.3, 0.4) is 0 Å². The van der Waals surface area contributed by atoms with Crippen molar-refractivity contribution in [3.8, 4) is 0 Å². The normalized spacial score (nSPS) is 16.9. The van der Waals surface area contributed by atoms with Gasteiger partial charge >= 0.3 is 6.03 Å². The highest BCUT2D eigenvalue weighted by Crippen LogP contribution is 2.32. The molecule has 28 heavy (non-hydrogen) atoms. The zero-order valence-electron chi connectivity index (χ0n) is 16.3. The number of hydrogen-bond donors (Lipinski definition) is 1. The van der Waals surface area contributed by atoms with E-state index in [0.717, 1.165) is 34.5 Å². The molecule has 1 saturated heterocycles. The minimum atomic E-state index is -0.0956. The highest BCUT2D eigenvalue weighted by molar-refractivity contribution is 6.31. The summed E-state index contributed by atoms with van der Waals surface area (Å²) in [5, 5.41) is 3.60. The third kappa shape index (κ3) is 3.44. The third-order valence-corrected chi connectivity index (χ3v) is 5.55. The van der Waals surface area contributed by atoms with Crippen LogP contribution in [0.2, 0.25) is 5.02 Å². The number of carbonyl (C=O) groups excluding carboxylic acids is 1. The smallest absolute Gasteiger partial charge is 0.321 e. The Bertz CT molecular complexity index is 1030. The standard InChI is InChI=1S/C21H24ClN5O/c1-13(2)27-19-11-23-8-6-17(19)24-20(27)15-7-9-26(12-15)21(28)25-18-10-16(22)5-4-14(18)3/h4-6,8,10-11,13,15H,7,9,12H2,1-3H3,(H,25,28)/t15-/m1/s1. The monoisotopic (exact) mass is 397 g/mol. The molecule has 3 aromatic rings. The lowest BCUT2D eigenvalue weighted by molar-refractivity contribution is 0.222. The number of fused-ring (bicyclic) bond motifs is 1. The number of halogens is 1. The van der Waals surface area contributed by atoms with Gasteiger partial charge in [-0.3, -0.25) is 4.98 Å². The Balaban J connectivity index is 1.54. The van der Waals surface area contributed by atoms with Gasteiger partial charge in [0.05, 0.1) is 17.2 Å². The predicted molar refractivity (Wildman–Crippen MR) is 112 cm³/mol. The largest absolute Gasteiger partial charge is 0.324 e. The Hall–Kier alpha value is -2.60. The van der Waals surface area contributed by atoms with E-state index in [1.165, 1.54) is 0 Å².